The smallest absolute Gasteiger partial charge is 0.261 e. The van der Waals surface area contributed by atoms with E-state index in [1.807, 2.05) is 17.9 Å². The number of fused-ring (bicyclic) bond motifs is 2. The van der Waals surface area contributed by atoms with E-state index < -0.39 is 40.4 Å². The SMILES string of the molecule is Cc1c2c(cc3nc(-c4c(NC(C)Cc5c(F)c(F)cc(F)c5F)cc[nH]c4=O)[nH]c13)CN(CCN1CCCC1)C2=O. The Hall–Kier alpha value is -4.19. The third-order valence-electron chi connectivity index (χ3n) is 8.17. The molecule has 1 atom stereocenters. The van der Waals surface area contributed by atoms with Crippen LogP contribution in [-0.2, 0) is 13.0 Å². The Kier molecular flexibility index (Phi) is 7.25. The Labute approximate surface area is 238 Å². The molecular formula is C30H30F4N6O2. The molecule has 220 valence electrons. The topological polar surface area (TPSA) is 97.1 Å². The maximum absolute atomic E-state index is 14.3. The van der Waals surface area contributed by atoms with Crippen LogP contribution in [0.1, 0.15) is 46.8 Å². The molecule has 6 rings (SSSR count). The maximum atomic E-state index is 14.3. The molecule has 3 N–H and O–H groups in total. The minimum absolute atomic E-state index is 0.0262. The first-order chi connectivity index (χ1) is 20.1. The number of carbonyl (C=O) groups is 1. The normalized spacial score (nSPS) is 16.0. The number of anilines is 1. The van der Waals surface area contributed by atoms with E-state index in [2.05, 4.69) is 25.2 Å². The highest BCUT2D eigenvalue weighted by Crippen LogP contribution is 2.33. The molecule has 1 fully saturated rings. The number of benzene rings is 2. The summed E-state index contributed by atoms with van der Waals surface area (Å²) in [7, 11) is 0. The van der Waals surface area contributed by atoms with Crippen LogP contribution in [0.3, 0.4) is 0 Å². The van der Waals surface area contributed by atoms with Gasteiger partial charge >= 0.3 is 0 Å². The Morgan fingerprint density at radius 3 is 2.45 bits per heavy atom. The number of amides is 1. The number of rotatable bonds is 8. The van der Waals surface area contributed by atoms with Crippen LogP contribution in [0.5, 0.6) is 0 Å². The number of nitrogens with one attached hydrogen (secondary N) is 3. The second-order valence-corrected chi connectivity index (χ2v) is 11.1. The van der Waals surface area contributed by atoms with Gasteiger partial charge in [-0.25, -0.2) is 22.5 Å². The monoisotopic (exact) mass is 582 g/mol. The first-order valence-electron chi connectivity index (χ1n) is 14.0. The molecule has 2 aliphatic heterocycles. The molecule has 0 spiro atoms. The predicted octanol–water partition coefficient (Wildman–Crippen LogP) is 4.88. The molecule has 2 aromatic carbocycles. The summed E-state index contributed by atoms with van der Waals surface area (Å²) >= 11 is 0. The minimum atomic E-state index is -1.48. The van der Waals surface area contributed by atoms with Gasteiger partial charge in [0.1, 0.15) is 11.4 Å². The van der Waals surface area contributed by atoms with Crippen molar-refractivity contribution in [1.29, 1.82) is 0 Å². The van der Waals surface area contributed by atoms with E-state index in [-0.39, 0.29) is 29.8 Å². The van der Waals surface area contributed by atoms with Gasteiger partial charge in [0.25, 0.3) is 11.5 Å². The fourth-order valence-corrected chi connectivity index (χ4v) is 6.06. The molecule has 2 aliphatic rings. The molecule has 0 aliphatic carbocycles. The van der Waals surface area contributed by atoms with Crippen molar-refractivity contribution >= 4 is 22.6 Å². The highest BCUT2D eigenvalue weighted by atomic mass is 19.2. The molecular weight excluding hydrogens is 552 g/mol. The van der Waals surface area contributed by atoms with E-state index in [0.717, 1.165) is 30.8 Å². The van der Waals surface area contributed by atoms with Gasteiger partial charge in [-0.05, 0) is 69.5 Å². The van der Waals surface area contributed by atoms with Gasteiger partial charge in [0.15, 0.2) is 23.3 Å². The van der Waals surface area contributed by atoms with Crippen molar-refractivity contribution < 1.29 is 22.4 Å². The van der Waals surface area contributed by atoms with Crippen molar-refractivity contribution in [3.05, 3.63) is 80.3 Å². The molecule has 1 amide bonds. The van der Waals surface area contributed by atoms with Crippen molar-refractivity contribution in [2.75, 3.05) is 31.5 Å². The van der Waals surface area contributed by atoms with Gasteiger partial charge in [0, 0.05) is 49.1 Å². The van der Waals surface area contributed by atoms with E-state index in [1.165, 1.54) is 19.0 Å². The lowest BCUT2D eigenvalue weighted by Gasteiger charge is -2.20. The number of likely N-dealkylation sites (tertiary alicyclic amines) is 1. The van der Waals surface area contributed by atoms with E-state index in [1.54, 1.807) is 13.0 Å². The lowest BCUT2D eigenvalue weighted by Crippen LogP contribution is -2.34. The van der Waals surface area contributed by atoms with Crippen LogP contribution < -0.4 is 10.9 Å². The van der Waals surface area contributed by atoms with Crippen LogP contribution >= 0.6 is 0 Å². The Balaban J connectivity index is 1.28. The number of imidazole rings is 1. The number of nitrogens with zero attached hydrogens (tertiary/aromatic N) is 3. The number of aromatic nitrogens is 3. The molecule has 0 radical (unpaired) electrons. The number of carbonyl (C=O) groups excluding carboxylic acids is 1. The highest BCUT2D eigenvalue weighted by Gasteiger charge is 2.31. The maximum Gasteiger partial charge on any atom is 0.261 e. The minimum Gasteiger partial charge on any atom is -0.381 e. The summed E-state index contributed by atoms with van der Waals surface area (Å²) in [6.07, 6.45) is 3.40. The Bertz CT molecular complexity index is 1740. The van der Waals surface area contributed by atoms with Crippen molar-refractivity contribution in [2.24, 2.45) is 0 Å². The Morgan fingerprint density at radius 1 is 1.02 bits per heavy atom. The molecule has 4 aromatic rings. The molecule has 0 bridgehead atoms. The summed E-state index contributed by atoms with van der Waals surface area (Å²) in [6.45, 7) is 7.54. The Morgan fingerprint density at radius 2 is 1.74 bits per heavy atom. The van der Waals surface area contributed by atoms with Gasteiger partial charge in [0.2, 0.25) is 0 Å². The summed E-state index contributed by atoms with van der Waals surface area (Å²) < 4.78 is 56.0. The van der Waals surface area contributed by atoms with Gasteiger partial charge in [-0.2, -0.15) is 0 Å². The summed E-state index contributed by atoms with van der Waals surface area (Å²) in [5.74, 6) is -5.67. The second-order valence-electron chi connectivity index (χ2n) is 11.1. The molecule has 1 unspecified atom stereocenters. The van der Waals surface area contributed by atoms with Gasteiger partial charge in [-0.15, -0.1) is 0 Å². The third-order valence-corrected chi connectivity index (χ3v) is 8.17. The fourth-order valence-electron chi connectivity index (χ4n) is 6.06. The van der Waals surface area contributed by atoms with Crippen LogP contribution in [0.2, 0.25) is 0 Å². The number of H-pyrrole nitrogens is 2. The van der Waals surface area contributed by atoms with Crippen molar-refractivity contribution in [2.45, 2.75) is 45.7 Å². The van der Waals surface area contributed by atoms with Crippen LogP contribution in [0.15, 0.2) is 29.2 Å². The molecule has 12 heteroatoms. The van der Waals surface area contributed by atoms with Crippen LogP contribution in [0.4, 0.5) is 23.2 Å². The fraction of sp³-hybridized carbons (Fsp3) is 0.367. The first-order valence-corrected chi connectivity index (χ1v) is 14.0. The van der Waals surface area contributed by atoms with Crippen molar-refractivity contribution in [3.63, 3.8) is 0 Å². The zero-order valence-corrected chi connectivity index (χ0v) is 23.2. The van der Waals surface area contributed by atoms with Crippen molar-refractivity contribution in [3.8, 4) is 11.4 Å². The summed E-state index contributed by atoms with van der Waals surface area (Å²) in [5, 5.41) is 3.02. The lowest BCUT2D eigenvalue weighted by molar-refractivity contribution is 0.0763. The van der Waals surface area contributed by atoms with E-state index in [0.29, 0.717) is 35.4 Å². The molecule has 42 heavy (non-hydrogen) atoms. The highest BCUT2D eigenvalue weighted by molar-refractivity contribution is 6.04. The average molecular weight is 583 g/mol. The largest absolute Gasteiger partial charge is 0.381 e. The zero-order valence-electron chi connectivity index (χ0n) is 23.2. The summed E-state index contributed by atoms with van der Waals surface area (Å²) in [6, 6.07) is 2.87. The number of hydrogen-bond donors (Lipinski definition) is 3. The number of aryl methyl sites for hydroxylation is 1. The molecule has 4 heterocycles. The van der Waals surface area contributed by atoms with Gasteiger partial charge < -0.3 is 25.1 Å². The molecule has 2 aromatic heterocycles. The molecule has 1 saturated heterocycles. The molecule has 8 nitrogen and oxygen atoms in total. The predicted molar refractivity (Wildman–Crippen MR) is 150 cm³/mol. The summed E-state index contributed by atoms with van der Waals surface area (Å²) in [5.41, 5.74) is 2.72. The number of aromatic amines is 2. The van der Waals surface area contributed by atoms with Gasteiger partial charge in [-0.3, -0.25) is 9.59 Å². The van der Waals surface area contributed by atoms with Crippen LogP contribution in [-0.4, -0.2) is 62.9 Å². The molecule has 0 saturated carbocycles. The average Bonchev–Trinajstić information content (AvgIpc) is 3.69. The number of halogens is 4. The number of pyridine rings is 1. The van der Waals surface area contributed by atoms with E-state index in [4.69, 9.17) is 0 Å². The summed E-state index contributed by atoms with van der Waals surface area (Å²) in [4.78, 5) is 41.0. The van der Waals surface area contributed by atoms with Gasteiger partial charge in [-0.1, -0.05) is 0 Å². The lowest BCUT2D eigenvalue weighted by atomic mass is 10.0. The standard InChI is InChI=1S/C30H30F4N6O2/c1-15(11-18-25(33)19(31)13-20(32)26(18)34)36-21-5-6-35-29(41)24(21)28-37-22-12-17-14-40(10-9-39-7-3-4-8-39)30(42)23(17)16(2)27(22)38-28/h5-6,12-13,15H,3-4,7-11,14H2,1-2H3,(H,37,38)(H2,35,36,41). The van der Waals surface area contributed by atoms with Gasteiger partial charge in [0.05, 0.1) is 16.7 Å². The first kappa shape index (κ1) is 28.0. The van der Waals surface area contributed by atoms with Crippen LogP contribution in [0.25, 0.3) is 22.4 Å². The third kappa shape index (κ3) is 4.93. The second kappa shape index (κ2) is 10.9. The van der Waals surface area contributed by atoms with Crippen molar-refractivity contribution in [1.82, 2.24) is 24.8 Å². The number of hydrogen-bond acceptors (Lipinski definition) is 5. The van der Waals surface area contributed by atoms with E-state index >= 15 is 0 Å². The van der Waals surface area contributed by atoms with Crippen LogP contribution in [0, 0.1) is 30.2 Å². The van der Waals surface area contributed by atoms with E-state index in [9.17, 15) is 27.2 Å². The zero-order chi connectivity index (χ0) is 29.7. The quantitative estimate of drug-likeness (QED) is 0.203.